The Balaban J connectivity index is 1.43. The van der Waals surface area contributed by atoms with Crippen molar-refractivity contribution in [3.8, 4) is 0 Å². The van der Waals surface area contributed by atoms with Gasteiger partial charge in [0, 0.05) is 19.6 Å². The molecule has 2 aromatic carbocycles. The molecule has 0 bridgehead atoms. The lowest BCUT2D eigenvalue weighted by atomic mass is 9.90. The third-order valence-corrected chi connectivity index (χ3v) is 8.45. The van der Waals surface area contributed by atoms with Crippen molar-refractivity contribution in [3.63, 3.8) is 0 Å². The van der Waals surface area contributed by atoms with Crippen molar-refractivity contribution in [2.75, 3.05) is 19.6 Å². The number of carbonyl (C=O) groups is 1. The number of sulfonamides is 1. The molecule has 0 N–H and O–H groups in total. The molecule has 0 spiro atoms. The number of rotatable bonds is 5. The summed E-state index contributed by atoms with van der Waals surface area (Å²) >= 11 is 0. The van der Waals surface area contributed by atoms with Gasteiger partial charge in [-0.3, -0.25) is 4.79 Å². The van der Waals surface area contributed by atoms with Gasteiger partial charge in [0.25, 0.3) is 0 Å². The third kappa shape index (κ3) is 5.24. The zero-order valence-corrected chi connectivity index (χ0v) is 19.0. The van der Waals surface area contributed by atoms with Crippen LogP contribution in [-0.4, -0.2) is 49.2 Å². The van der Waals surface area contributed by atoms with Crippen molar-refractivity contribution in [2.45, 2.75) is 49.2 Å². The Bertz CT molecular complexity index is 1080. The summed E-state index contributed by atoms with van der Waals surface area (Å²) in [6, 6.07) is 13.0. The standard InChI is InChI=1S/C24H27F3N2O3S/c25-24(26,27)20-8-4-9-21(17-20)33(31,32)29-13-5-10-22(29)23(30)28-14-11-19(12-15-28)16-18-6-2-1-3-7-18/h1-4,6-9,17,19,22H,5,10-16H2. The van der Waals surface area contributed by atoms with Gasteiger partial charge in [-0.15, -0.1) is 0 Å². The summed E-state index contributed by atoms with van der Waals surface area (Å²) in [6.45, 7) is 1.24. The average Bonchev–Trinajstić information content (AvgIpc) is 3.30. The highest BCUT2D eigenvalue weighted by atomic mass is 32.2. The minimum absolute atomic E-state index is 0.124. The Labute approximate surface area is 192 Å². The van der Waals surface area contributed by atoms with E-state index in [4.69, 9.17) is 0 Å². The number of nitrogens with zero attached hydrogens (tertiary/aromatic N) is 2. The number of amides is 1. The highest BCUT2D eigenvalue weighted by Gasteiger charge is 2.42. The van der Waals surface area contributed by atoms with Crippen LogP contribution in [0.5, 0.6) is 0 Å². The fraction of sp³-hybridized carbons (Fsp3) is 0.458. The van der Waals surface area contributed by atoms with Gasteiger partial charge >= 0.3 is 6.18 Å². The molecule has 178 valence electrons. The predicted octanol–water partition coefficient (Wildman–Crippen LogP) is 4.34. The van der Waals surface area contributed by atoms with Crippen molar-refractivity contribution in [2.24, 2.45) is 5.92 Å². The van der Waals surface area contributed by atoms with Gasteiger partial charge in [-0.2, -0.15) is 17.5 Å². The topological polar surface area (TPSA) is 57.7 Å². The molecule has 2 saturated heterocycles. The zero-order chi connectivity index (χ0) is 23.6. The first kappa shape index (κ1) is 23.8. The average molecular weight is 481 g/mol. The van der Waals surface area contributed by atoms with Gasteiger partial charge in [0.15, 0.2) is 0 Å². The van der Waals surface area contributed by atoms with Crippen LogP contribution in [0.25, 0.3) is 0 Å². The zero-order valence-electron chi connectivity index (χ0n) is 18.2. The largest absolute Gasteiger partial charge is 0.416 e. The fourth-order valence-electron chi connectivity index (χ4n) is 4.76. The lowest BCUT2D eigenvalue weighted by Gasteiger charge is -2.35. The molecule has 9 heteroatoms. The smallest absolute Gasteiger partial charge is 0.341 e. The molecule has 1 unspecified atom stereocenters. The molecule has 33 heavy (non-hydrogen) atoms. The van der Waals surface area contributed by atoms with E-state index in [2.05, 4.69) is 12.1 Å². The van der Waals surface area contributed by atoms with Crippen molar-refractivity contribution in [3.05, 3.63) is 65.7 Å². The summed E-state index contributed by atoms with van der Waals surface area (Å²) in [6.07, 6.45) is -1.14. The van der Waals surface area contributed by atoms with E-state index in [1.807, 2.05) is 18.2 Å². The van der Waals surface area contributed by atoms with Gasteiger partial charge in [0.05, 0.1) is 10.5 Å². The Morgan fingerprint density at radius 3 is 2.30 bits per heavy atom. The maximum absolute atomic E-state index is 13.2. The van der Waals surface area contributed by atoms with Crippen molar-refractivity contribution in [1.29, 1.82) is 0 Å². The van der Waals surface area contributed by atoms with Gasteiger partial charge < -0.3 is 4.90 Å². The van der Waals surface area contributed by atoms with Crippen LogP contribution < -0.4 is 0 Å². The second kappa shape index (κ2) is 9.46. The summed E-state index contributed by atoms with van der Waals surface area (Å²) in [5, 5.41) is 0. The van der Waals surface area contributed by atoms with Crippen LogP contribution in [0, 0.1) is 5.92 Å². The van der Waals surface area contributed by atoms with Gasteiger partial charge in [-0.25, -0.2) is 8.42 Å². The fourth-order valence-corrected chi connectivity index (χ4v) is 6.46. The highest BCUT2D eigenvalue weighted by Crippen LogP contribution is 2.33. The van der Waals surface area contributed by atoms with Gasteiger partial charge in [-0.05, 0) is 61.8 Å². The number of alkyl halides is 3. The molecule has 2 aromatic rings. The van der Waals surface area contributed by atoms with E-state index in [1.165, 1.54) is 5.56 Å². The Kier molecular flexibility index (Phi) is 6.81. The summed E-state index contributed by atoms with van der Waals surface area (Å²) in [5.74, 6) is 0.214. The maximum atomic E-state index is 13.2. The number of halogens is 3. The quantitative estimate of drug-likeness (QED) is 0.640. The number of hydrogen-bond acceptors (Lipinski definition) is 3. The van der Waals surface area contributed by atoms with E-state index in [0.717, 1.165) is 41.8 Å². The molecule has 1 atom stereocenters. The molecule has 2 aliphatic rings. The summed E-state index contributed by atoms with van der Waals surface area (Å²) in [5.41, 5.74) is 0.238. The van der Waals surface area contributed by atoms with E-state index >= 15 is 0 Å². The molecule has 0 aromatic heterocycles. The number of piperidine rings is 1. The van der Waals surface area contributed by atoms with Crippen LogP contribution in [-0.2, 0) is 27.4 Å². The Morgan fingerprint density at radius 2 is 1.64 bits per heavy atom. The Hall–Kier alpha value is -2.39. The third-order valence-electron chi connectivity index (χ3n) is 6.55. The van der Waals surface area contributed by atoms with Crippen molar-refractivity contribution in [1.82, 2.24) is 9.21 Å². The maximum Gasteiger partial charge on any atom is 0.416 e. The Morgan fingerprint density at radius 1 is 0.939 bits per heavy atom. The molecule has 2 aliphatic heterocycles. The van der Waals surface area contributed by atoms with E-state index < -0.39 is 32.7 Å². The molecule has 5 nitrogen and oxygen atoms in total. The number of likely N-dealkylation sites (tertiary alicyclic amines) is 1. The van der Waals surface area contributed by atoms with Gasteiger partial charge in [0.1, 0.15) is 6.04 Å². The first-order chi connectivity index (χ1) is 15.7. The normalized spacial score (nSPS) is 20.8. The van der Waals surface area contributed by atoms with Gasteiger partial charge in [-0.1, -0.05) is 36.4 Å². The molecule has 0 saturated carbocycles. The molecular formula is C24H27F3N2O3S. The van der Waals surface area contributed by atoms with Crippen LogP contribution in [0.4, 0.5) is 13.2 Å². The predicted molar refractivity (Wildman–Crippen MR) is 118 cm³/mol. The highest BCUT2D eigenvalue weighted by molar-refractivity contribution is 7.89. The van der Waals surface area contributed by atoms with E-state index in [9.17, 15) is 26.4 Å². The molecule has 2 fully saturated rings. The number of carbonyl (C=O) groups excluding carboxylic acids is 1. The number of hydrogen-bond donors (Lipinski definition) is 0. The van der Waals surface area contributed by atoms with Crippen LogP contribution in [0.15, 0.2) is 59.5 Å². The monoisotopic (exact) mass is 480 g/mol. The summed E-state index contributed by atoms with van der Waals surface area (Å²) in [7, 11) is -4.22. The molecule has 1 amide bonds. The molecular weight excluding hydrogens is 453 g/mol. The van der Waals surface area contributed by atoms with E-state index in [1.54, 1.807) is 4.90 Å². The van der Waals surface area contributed by atoms with Crippen molar-refractivity contribution < 1.29 is 26.4 Å². The van der Waals surface area contributed by atoms with Crippen LogP contribution in [0.1, 0.15) is 36.8 Å². The number of benzene rings is 2. The lowest BCUT2D eigenvalue weighted by molar-refractivity contribution is -0.138. The van der Waals surface area contributed by atoms with E-state index in [-0.39, 0.29) is 12.5 Å². The van der Waals surface area contributed by atoms with Crippen LogP contribution in [0.3, 0.4) is 0 Å². The molecule has 4 rings (SSSR count). The van der Waals surface area contributed by atoms with Crippen molar-refractivity contribution >= 4 is 15.9 Å². The van der Waals surface area contributed by atoms with Crippen LogP contribution >= 0.6 is 0 Å². The second-order valence-electron chi connectivity index (χ2n) is 8.76. The summed E-state index contributed by atoms with van der Waals surface area (Å²) < 4.78 is 66.6. The first-order valence-electron chi connectivity index (χ1n) is 11.2. The molecule has 0 aliphatic carbocycles. The SMILES string of the molecule is O=C(C1CCCN1S(=O)(=O)c1cccc(C(F)(F)F)c1)N1CCC(Cc2ccccc2)CC1. The minimum atomic E-state index is -4.64. The molecule has 2 heterocycles. The van der Waals surface area contributed by atoms with Crippen LogP contribution in [0.2, 0.25) is 0 Å². The molecule has 0 radical (unpaired) electrons. The first-order valence-corrected chi connectivity index (χ1v) is 12.6. The second-order valence-corrected chi connectivity index (χ2v) is 10.6. The van der Waals surface area contributed by atoms with E-state index in [0.29, 0.717) is 37.9 Å². The minimum Gasteiger partial charge on any atom is -0.341 e. The summed E-state index contributed by atoms with van der Waals surface area (Å²) in [4.78, 5) is 14.5. The lowest BCUT2D eigenvalue weighted by Crippen LogP contribution is -2.50. The van der Waals surface area contributed by atoms with Gasteiger partial charge in [0.2, 0.25) is 15.9 Å².